The third kappa shape index (κ3) is 6.07. The van der Waals surface area contributed by atoms with Gasteiger partial charge in [-0.15, -0.1) is 0 Å². The van der Waals surface area contributed by atoms with Gasteiger partial charge in [0.2, 0.25) is 0 Å². The molecule has 0 spiro atoms. The van der Waals surface area contributed by atoms with Gasteiger partial charge in [-0.05, 0) is 73.0 Å². The SMILES string of the molecule is Cc1c(C(=O)N(c2ccc(O)cc2)c2cnn(C)c2)cc(-c2cc(Cl)ccc2C(=O)N2Cc3ccccc3C[C@H]2CN2CC(C#N)C2)n1C. The molecule has 10 nitrogen and oxygen atoms in total. The molecule has 1 N–H and O–H groups in total. The standard InChI is InChI=1S/C38H36ClN7O3/c1-24-34(38(49)46(31-18-41-42(2)22-31)29-9-11-32(47)12-10-29)16-36(43(24)3)35-15-28(39)8-13-33(35)37(48)45-21-27-7-5-4-6-26(27)14-30(45)23-44-19-25(17-40)20-44/h4-13,15-16,18,22,25,30,47H,14,19-21,23H2,1-3H3/t30-/m0/s1. The first kappa shape index (κ1) is 32.2. The Morgan fingerprint density at radius 1 is 1.00 bits per heavy atom. The van der Waals surface area contributed by atoms with Crippen molar-refractivity contribution in [1.29, 1.82) is 5.26 Å². The summed E-state index contributed by atoms with van der Waals surface area (Å²) in [6.07, 6.45) is 4.10. The molecule has 7 rings (SSSR count). The van der Waals surface area contributed by atoms with Crippen molar-refractivity contribution in [3.63, 3.8) is 0 Å². The number of halogens is 1. The quantitative estimate of drug-likeness (QED) is 0.224. The maximum atomic E-state index is 14.7. The number of aryl methyl sites for hydroxylation is 1. The molecule has 248 valence electrons. The van der Waals surface area contributed by atoms with Gasteiger partial charge in [0.1, 0.15) is 5.75 Å². The van der Waals surface area contributed by atoms with Crippen LogP contribution in [-0.4, -0.2) is 66.7 Å². The van der Waals surface area contributed by atoms with E-state index in [-0.39, 0.29) is 29.5 Å². The maximum absolute atomic E-state index is 14.7. The van der Waals surface area contributed by atoms with Crippen molar-refractivity contribution >= 4 is 34.8 Å². The second kappa shape index (κ2) is 12.9. The van der Waals surface area contributed by atoms with E-state index in [1.54, 1.807) is 59.4 Å². The fourth-order valence-corrected chi connectivity index (χ4v) is 7.13. The predicted octanol–water partition coefficient (Wildman–Crippen LogP) is 6.09. The molecular weight excluding hydrogens is 638 g/mol. The number of phenols is 1. The fourth-order valence-electron chi connectivity index (χ4n) is 6.96. The van der Waals surface area contributed by atoms with Gasteiger partial charge in [-0.25, -0.2) is 0 Å². The molecule has 0 aliphatic carbocycles. The molecular formula is C38H36ClN7O3. The van der Waals surface area contributed by atoms with E-state index in [1.165, 1.54) is 17.7 Å². The molecule has 1 fully saturated rings. The average molecular weight is 674 g/mol. The first-order valence-electron chi connectivity index (χ1n) is 16.2. The highest BCUT2D eigenvalue weighted by atomic mass is 35.5. The Labute approximate surface area is 290 Å². The lowest BCUT2D eigenvalue weighted by molar-refractivity contribution is 0.0468. The molecule has 1 atom stereocenters. The van der Waals surface area contributed by atoms with E-state index in [1.807, 2.05) is 41.6 Å². The van der Waals surface area contributed by atoms with Gasteiger partial charge >= 0.3 is 0 Å². The van der Waals surface area contributed by atoms with Crippen molar-refractivity contribution < 1.29 is 14.7 Å². The van der Waals surface area contributed by atoms with Crippen LogP contribution < -0.4 is 4.90 Å². The molecule has 4 heterocycles. The van der Waals surface area contributed by atoms with Crippen LogP contribution in [0.25, 0.3) is 11.3 Å². The summed E-state index contributed by atoms with van der Waals surface area (Å²) in [7, 11) is 3.66. The Kier molecular flexibility index (Phi) is 8.49. The van der Waals surface area contributed by atoms with Gasteiger partial charge in [-0.2, -0.15) is 10.4 Å². The molecule has 1 saturated heterocycles. The largest absolute Gasteiger partial charge is 0.508 e. The summed E-state index contributed by atoms with van der Waals surface area (Å²) in [5.74, 6) is -0.278. The van der Waals surface area contributed by atoms with Crippen LogP contribution in [0.2, 0.25) is 5.02 Å². The molecule has 2 aliphatic rings. The minimum Gasteiger partial charge on any atom is -0.508 e. The number of benzene rings is 3. The molecule has 0 saturated carbocycles. The van der Waals surface area contributed by atoms with Crippen LogP contribution in [0.15, 0.2) is 85.2 Å². The number of rotatable bonds is 7. The van der Waals surface area contributed by atoms with Gasteiger partial charge in [-0.1, -0.05) is 35.9 Å². The van der Waals surface area contributed by atoms with Crippen LogP contribution >= 0.6 is 11.6 Å². The van der Waals surface area contributed by atoms with E-state index in [4.69, 9.17) is 11.6 Å². The van der Waals surface area contributed by atoms with Crippen molar-refractivity contribution in [2.45, 2.75) is 25.9 Å². The Morgan fingerprint density at radius 3 is 2.43 bits per heavy atom. The van der Waals surface area contributed by atoms with E-state index >= 15 is 0 Å². The number of hydrogen-bond acceptors (Lipinski definition) is 6. The monoisotopic (exact) mass is 673 g/mol. The van der Waals surface area contributed by atoms with Crippen LogP contribution in [0.3, 0.4) is 0 Å². The lowest BCUT2D eigenvalue weighted by Crippen LogP contribution is -2.55. The summed E-state index contributed by atoms with van der Waals surface area (Å²) >= 11 is 6.59. The van der Waals surface area contributed by atoms with Gasteiger partial charge in [0.05, 0.1) is 29.4 Å². The first-order valence-corrected chi connectivity index (χ1v) is 16.6. The van der Waals surface area contributed by atoms with Crippen LogP contribution in [0, 0.1) is 24.2 Å². The number of nitriles is 1. The number of aromatic hydroxyl groups is 1. The summed E-state index contributed by atoms with van der Waals surface area (Å²) in [5, 5.41) is 24.0. The van der Waals surface area contributed by atoms with E-state index in [9.17, 15) is 20.0 Å². The topological polar surface area (TPSA) is 111 Å². The minimum atomic E-state index is -0.286. The van der Waals surface area contributed by atoms with Crippen LogP contribution in [0.5, 0.6) is 5.75 Å². The first-order chi connectivity index (χ1) is 23.6. The van der Waals surface area contributed by atoms with Crippen molar-refractivity contribution in [3.8, 4) is 23.1 Å². The van der Waals surface area contributed by atoms with Gasteiger partial charge in [0, 0.05) is 85.7 Å². The Bertz CT molecular complexity index is 2110. The minimum absolute atomic E-state index is 0.0310. The molecule has 5 aromatic rings. The number of carbonyl (C=O) groups is 2. The summed E-state index contributed by atoms with van der Waals surface area (Å²) in [6.45, 7) is 4.45. The molecule has 2 aliphatic heterocycles. The summed E-state index contributed by atoms with van der Waals surface area (Å²) in [6, 6.07) is 24.1. The summed E-state index contributed by atoms with van der Waals surface area (Å²) in [5.41, 5.74) is 6.45. The predicted molar refractivity (Wildman–Crippen MR) is 188 cm³/mol. The molecule has 49 heavy (non-hydrogen) atoms. The lowest BCUT2D eigenvalue weighted by Gasteiger charge is -2.43. The fraction of sp³-hybridized carbons (Fsp3) is 0.263. The second-order valence-electron chi connectivity index (χ2n) is 12.9. The number of carbonyl (C=O) groups excluding carboxylic acids is 2. The summed E-state index contributed by atoms with van der Waals surface area (Å²) < 4.78 is 3.54. The van der Waals surface area contributed by atoms with E-state index in [0.717, 1.165) is 12.0 Å². The molecule has 11 heteroatoms. The van der Waals surface area contributed by atoms with Crippen LogP contribution in [0.4, 0.5) is 11.4 Å². The van der Waals surface area contributed by atoms with Gasteiger partial charge in [0.15, 0.2) is 0 Å². The lowest BCUT2D eigenvalue weighted by atomic mass is 9.91. The van der Waals surface area contributed by atoms with Crippen molar-refractivity contribution in [2.24, 2.45) is 20.0 Å². The molecule has 2 aromatic heterocycles. The zero-order valence-electron chi connectivity index (χ0n) is 27.5. The average Bonchev–Trinajstić information content (AvgIpc) is 3.64. The number of nitrogens with zero attached hydrogens (tertiary/aromatic N) is 7. The number of likely N-dealkylation sites (tertiary alicyclic amines) is 1. The van der Waals surface area contributed by atoms with Gasteiger partial charge < -0.3 is 14.6 Å². The number of hydrogen-bond donors (Lipinski definition) is 1. The molecule has 0 bridgehead atoms. The van der Waals surface area contributed by atoms with Crippen LogP contribution in [0.1, 0.15) is 37.5 Å². The number of fused-ring (bicyclic) bond motifs is 1. The van der Waals surface area contributed by atoms with E-state index in [2.05, 4.69) is 28.2 Å². The third-order valence-corrected chi connectivity index (χ3v) is 9.97. The van der Waals surface area contributed by atoms with Crippen molar-refractivity contribution in [2.75, 3.05) is 24.5 Å². The van der Waals surface area contributed by atoms with Crippen LogP contribution in [-0.2, 0) is 27.1 Å². The molecule has 3 aromatic carbocycles. The van der Waals surface area contributed by atoms with E-state index in [0.29, 0.717) is 70.7 Å². The van der Waals surface area contributed by atoms with Crippen molar-refractivity contribution in [1.82, 2.24) is 24.1 Å². The third-order valence-electron chi connectivity index (χ3n) is 9.74. The Balaban J connectivity index is 1.26. The highest BCUT2D eigenvalue weighted by molar-refractivity contribution is 6.31. The molecule has 0 radical (unpaired) electrons. The van der Waals surface area contributed by atoms with Gasteiger partial charge in [-0.3, -0.25) is 24.1 Å². The normalized spacial score (nSPS) is 16.1. The highest BCUT2D eigenvalue weighted by Crippen LogP contribution is 2.36. The summed E-state index contributed by atoms with van der Waals surface area (Å²) in [4.78, 5) is 34.9. The Hall–Kier alpha value is -5.37. The second-order valence-corrected chi connectivity index (χ2v) is 13.3. The highest BCUT2D eigenvalue weighted by Gasteiger charge is 2.36. The van der Waals surface area contributed by atoms with Crippen molar-refractivity contribution in [3.05, 3.63) is 118 Å². The zero-order valence-corrected chi connectivity index (χ0v) is 28.3. The number of phenolic OH excluding ortho intramolecular Hbond substituents is 1. The number of amides is 2. The Morgan fingerprint density at radius 2 is 1.73 bits per heavy atom. The van der Waals surface area contributed by atoms with Gasteiger partial charge in [0.25, 0.3) is 11.8 Å². The smallest absolute Gasteiger partial charge is 0.264 e. The molecule has 0 unspecified atom stereocenters. The zero-order chi connectivity index (χ0) is 34.4. The maximum Gasteiger partial charge on any atom is 0.264 e. The molecule has 2 amide bonds. The van der Waals surface area contributed by atoms with E-state index < -0.39 is 0 Å². The number of anilines is 2. The number of aromatic nitrogens is 3.